The van der Waals surface area contributed by atoms with E-state index < -0.39 is 0 Å². The largest absolute Gasteiger partial charge is 0.384 e. The Kier molecular flexibility index (Phi) is 3.35. The summed E-state index contributed by atoms with van der Waals surface area (Å²) < 4.78 is 0. The highest BCUT2D eigenvalue weighted by atomic mass is 14.8. The minimum absolute atomic E-state index is 0.0529. The van der Waals surface area contributed by atoms with Crippen LogP contribution in [0.2, 0.25) is 0 Å². The van der Waals surface area contributed by atoms with E-state index in [4.69, 9.17) is 11.5 Å². The molecule has 20 heavy (non-hydrogen) atoms. The Morgan fingerprint density at radius 2 is 1.80 bits per heavy atom. The van der Waals surface area contributed by atoms with Gasteiger partial charge in [-0.05, 0) is 40.5 Å². The monoisotopic (exact) mass is 263 g/mol. The molecule has 0 aliphatic carbocycles. The summed E-state index contributed by atoms with van der Waals surface area (Å²) in [6.45, 7) is 0. The highest BCUT2D eigenvalue weighted by Gasteiger charge is 2.10. The van der Waals surface area contributed by atoms with Crippen molar-refractivity contribution in [1.29, 1.82) is 0 Å². The number of aromatic nitrogens is 1. The van der Waals surface area contributed by atoms with Crippen LogP contribution >= 0.6 is 0 Å². The molecule has 1 heterocycles. The highest BCUT2D eigenvalue weighted by molar-refractivity contribution is 5.86. The van der Waals surface area contributed by atoms with Gasteiger partial charge in [0.15, 0.2) is 0 Å². The van der Waals surface area contributed by atoms with Gasteiger partial charge in [0.2, 0.25) is 0 Å². The van der Waals surface area contributed by atoms with Gasteiger partial charge < -0.3 is 11.5 Å². The Morgan fingerprint density at radius 3 is 2.65 bits per heavy atom. The van der Waals surface area contributed by atoms with Gasteiger partial charge in [0, 0.05) is 12.2 Å². The normalized spacial score (nSPS) is 12.4. The molecule has 0 saturated heterocycles. The Labute approximate surface area is 118 Å². The Hall–Kier alpha value is -2.39. The molecule has 1 aromatic heterocycles. The Balaban J connectivity index is 1.94. The SMILES string of the molecule is Nc1cc(CC(N)c2cccc3ccccc23)ccn1. The second kappa shape index (κ2) is 5.31. The topological polar surface area (TPSA) is 64.9 Å². The molecule has 0 spiro atoms. The van der Waals surface area contributed by atoms with Crippen LogP contribution in [0.5, 0.6) is 0 Å². The molecule has 1 unspecified atom stereocenters. The molecule has 2 aromatic carbocycles. The van der Waals surface area contributed by atoms with E-state index in [1.165, 1.54) is 16.3 Å². The predicted molar refractivity (Wildman–Crippen MR) is 83.2 cm³/mol. The number of hydrogen-bond acceptors (Lipinski definition) is 3. The smallest absolute Gasteiger partial charge is 0.123 e. The summed E-state index contributed by atoms with van der Waals surface area (Å²) in [6, 6.07) is 18.4. The van der Waals surface area contributed by atoms with Gasteiger partial charge in [-0.25, -0.2) is 4.98 Å². The van der Waals surface area contributed by atoms with Gasteiger partial charge in [-0.15, -0.1) is 0 Å². The number of nitrogen functional groups attached to an aromatic ring is 1. The fraction of sp³-hybridized carbons (Fsp3) is 0.118. The van der Waals surface area contributed by atoms with Crippen molar-refractivity contribution in [3.63, 3.8) is 0 Å². The summed E-state index contributed by atoms with van der Waals surface area (Å²) in [5, 5.41) is 2.43. The third kappa shape index (κ3) is 2.49. The van der Waals surface area contributed by atoms with E-state index in [0.29, 0.717) is 5.82 Å². The van der Waals surface area contributed by atoms with Crippen LogP contribution in [0.15, 0.2) is 60.8 Å². The molecular weight excluding hydrogens is 246 g/mol. The summed E-state index contributed by atoms with van der Waals surface area (Å²) in [5.41, 5.74) is 14.4. The van der Waals surface area contributed by atoms with Crippen LogP contribution in [0.1, 0.15) is 17.2 Å². The third-order valence-corrected chi connectivity index (χ3v) is 3.52. The molecule has 100 valence electrons. The van der Waals surface area contributed by atoms with Crippen LogP contribution in [0, 0.1) is 0 Å². The van der Waals surface area contributed by atoms with Gasteiger partial charge in [0.25, 0.3) is 0 Å². The van der Waals surface area contributed by atoms with E-state index in [0.717, 1.165) is 12.0 Å². The van der Waals surface area contributed by atoms with Crippen LogP contribution in [0.4, 0.5) is 5.82 Å². The molecule has 4 N–H and O–H groups in total. The second-order valence-electron chi connectivity index (χ2n) is 4.97. The number of anilines is 1. The quantitative estimate of drug-likeness (QED) is 0.763. The van der Waals surface area contributed by atoms with E-state index in [2.05, 4.69) is 35.3 Å². The van der Waals surface area contributed by atoms with Gasteiger partial charge in [-0.3, -0.25) is 0 Å². The van der Waals surface area contributed by atoms with Gasteiger partial charge in [-0.1, -0.05) is 42.5 Å². The van der Waals surface area contributed by atoms with Crippen molar-refractivity contribution < 1.29 is 0 Å². The second-order valence-corrected chi connectivity index (χ2v) is 4.97. The van der Waals surface area contributed by atoms with Crippen LogP contribution in [-0.4, -0.2) is 4.98 Å². The molecule has 0 bridgehead atoms. The fourth-order valence-electron chi connectivity index (χ4n) is 2.56. The lowest BCUT2D eigenvalue weighted by molar-refractivity contribution is 0.727. The maximum Gasteiger partial charge on any atom is 0.123 e. The molecule has 0 saturated carbocycles. The lowest BCUT2D eigenvalue weighted by atomic mass is 9.95. The summed E-state index contributed by atoms with van der Waals surface area (Å²) >= 11 is 0. The Bertz CT molecular complexity index is 732. The molecule has 1 atom stereocenters. The van der Waals surface area contributed by atoms with Crippen molar-refractivity contribution in [2.75, 3.05) is 5.73 Å². The number of pyridine rings is 1. The first-order chi connectivity index (χ1) is 9.74. The molecule has 3 nitrogen and oxygen atoms in total. The van der Waals surface area contributed by atoms with E-state index >= 15 is 0 Å². The van der Waals surface area contributed by atoms with E-state index in [-0.39, 0.29) is 6.04 Å². The van der Waals surface area contributed by atoms with Crippen molar-refractivity contribution in [1.82, 2.24) is 4.98 Å². The van der Waals surface area contributed by atoms with Crippen molar-refractivity contribution in [2.45, 2.75) is 12.5 Å². The number of nitrogens with two attached hydrogens (primary N) is 2. The molecule has 0 radical (unpaired) electrons. The average Bonchev–Trinajstić information content (AvgIpc) is 2.46. The predicted octanol–water partition coefficient (Wildman–Crippen LogP) is 3.06. The summed E-state index contributed by atoms with van der Waals surface area (Å²) in [7, 11) is 0. The zero-order valence-electron chi connectivity index (χ0n) is 11.2. The van der Waals surface area contributed by atoms with E-state index in [1.54, 1.807) is 6.20 Å². The summed E-state index contributed by atoms with van der Waals surface area (Å²) in [5.74, 6) is 0.535. The molecule has 3 heteroatoms. The summed E-state index contributed by atoms with van der Waals surface area (Å²) in [4.78, 5) is 4.01. The number of fused-ring (bicyclic) bond motifs is 1. The number of nitrogens with zero attached hydrogens (tertiary/aromatic N) is 1. The number of benzene rings is 2. The maximum absolute atomic E-state index is 6.38. The molecule has 3 rings (SSSR count). The molecular formula is C17H17N3. The van der Waals surface area contributed by atoms with Crippen molar-refractivity contribution in [3.8, 4) is 0 Å². The van der Waals surface area contributed by atoms with Gasteiger partial charge >= 0.3 is 0 Å². The van der Waals surface area contributed by atoms with E-state index in [9.17, 15) is 0 Å². The first-order valence-corrected chi connectivity index (χ1v) is 6.68. The molecule has 0 amide bonds. The minimum Gasteiger partial charge on any atom is -0.384 e. The number of rotatable bonds is 3. The lowest BCUT2D eigenvalue weighted by Gasteiger charge is -2.15. The standard InChI is InChI=1S/C17H17N3/c18-16(10-12-8-9-20-17(19)11-12)15-7-3-5-13-4-1-2-6-14(13)15/h1-9,11,16H,10,18H2,(H2,19,20). The summed E-state index contributed by atoms with van der Waals surface area (Å²) in [6.07, 6.45) is 2.47. The van der Waals surface area contributed by atoms with Crippen molar-refractivity contribution >= 4 is 16.6 Å². The highest BCUT2D eigenvalue weighted by Crippen LogP contribution is 2.25. The van der Waals surface area contributed by atoms with E-state index in [1.807, 2.05) is 24.3 Å². The maximum atomic E-state index is 6.38. The molecule has 0 aliphatic rings. The van der Waals surface area contributed by atoms with Crippen molar-refractivity contribution in [3.05, 3.63) is 71.9 Å². The van der Waals surface area contributed by atoms with Gasteiger partial charge in [-0.2, -0.15) is 0 Å². The molecule has 0 aliphatic heterocycles. The van der Waals surface area contributed by atoms with Crippen LogP contribution in [-0.2, 0) is 6.42 Å². The Morgan fingerprint density at radius 1 is 1.00 bits per heavy atom. The zero-order chi connectivity index (χ0) is 13.9. The number of hydrogen-bond donors (Lipinski definition) is 2. The van der Waals surface area contributed by atoms with Gasteiger partial charge in [0.05, 0.1) is 0 Å². The zero-order valence-corrected chi connectivity index (χ0v) is 11.2. The minimum atomic E-state index is -0.0529. The molecule has 3 aromatic rings. The van der Waals surface area contributed by atoms with Gasteiger partial charge in [0.1, 0.15) is 5.82 Å². The van der Waals surface area contributed by atoms with Crippen molar-refractivity contribution in [2.24, 2.45) is 5.73 Å². The average molecular weight is 263 g/mol. The third-order valence-electron chi connectivity index (χ3n) is 3.52. The van der Waals surface area contributed by atoms with Crippen LogP contribution in [0.25, 0.3) is 10.8 Å². The van der Waals surface area contributed by atoms with Crippen LogP contribution in [0.3, 0.4) is 0 Å². The first kappa shape index (κ1) is 12.6. The van der Waals surface area contributed by atoms with Crippen LogP contribution < -0.4 is 11.5 Å². The fourth-order valence-corrected chi connectivity index (χ4v) is 2.56. The lowest BCUT2D eigenvalue weighted by Crippen LogP contribution is -2.14. The first-order valence-electron chi connectivity index (χ1n) is 6.68. The molecule has 0 fully saturated rings.